The van der Waals surface area contributed by atoms with Crippen molar-refractivity contribution in [3.63, 3.8) is 0 Å². The molecule has 0 aliphatic heterocycles. The second-order valence-electron chi connectivity index (χ2n) is 3.45. The Bertz CT molecular complexity index is 345. The number of carbonyl (C=O) groups is 1. The van der Waals surface area contributed by atoms with E-state index in [-0.39, 0.29) is 12.2 Å². The summed E-state index contributed by atoms with van der Waals surface area (Å²) in [5.41, 5.74) is 0.197. The van der Waals surface area contributed by atoms with Crippen LogP contribution in [-0.2, 0) is 6.54 Å². The van der Waals surface area contributed by atoms with Gasteiger partial charge in [0.2, 0.25) is 0 Å². The Balaban J connectivity index is 2.71. The first-order chi connectivity index (χ1) is 7.04. The van der Waals surface area contributed by atoms with E-state index in [9.17, 15) is 4.79 Å². The van der Waals surface area contributed by atoms with E-state index in [0.29, 0.717) is 24.6 Å². The third-order valence-corrected chi connectivity index (χ3v) is 2.11. The van der Waals surface area contributed by atoms with Gasteiger partial charge in [0.05, 0.1) is 13.2 Å². The molecule has 0 saturated heterocycles. The number of furan rings is 1. The molecule has 84 valence electrons. The van der Waals surface area contributed by atoms with Crippen LogP contribution in [0.3, 0.4) is 0 Å². The first-order valence-corrected chi connectivity index (χ1v) is 4.66. The molecule has 1 heterocycles. The Morgan fingerprint density at radius 2 is 2.27 bits per heavy atom. The molecule has 0 unspecified atom stereocenters. The Kier molecular flexibility index (Phi) is 3.88. The molecule has 5 nitrogen and oxygen atoms in total. The molecule has 0 aliphatic rings. The van der Waals surface area contributed by atoms with Crippen LogP contribution in [0.1, 0.15) is 21.9 Å². The minimum atomic E-state index is -0.979. The first-order valence-electron chi connectivity index (χ1n) is 4.66. The van der Waals surface area contributed by atoms with Crippen molar-refractivity contribution in [2.24, 2.45) is 0 Å². The van der Waals surface area contributed by atoms with Crippen molar-refractivity contribution in [3.05, 3.63) is 23.2 Å². The fourth-order valence-corrected chi connectivity index (χ4v) is 1.35. The molecule has 1 rings (SSSR count). The SMILES string of the molecule is Cc1oc(CN(C)CCO)cc1C(=O)O. The molecule has 0 bridgehead atoms. The van der Waals surface area contributed by atoms with Gasteiger partial charge in [0.15, 0.2) is 0 Å². The highest BCUT2D eigenvalue weighted by Crippen LogP contribution is 2.15. The standard InChI is InChI=1S/C10H15NO4/c1-7-9(10(13)14)5-8(15-7)6-11(2)3-4-12/h5,12H,3-4,6H2,1-2H3,(H,13,14). The van der Waals surface area contributed by atoms with Gasteiger partial charge in [-0.1, -0.05) is 0 Å². The second kappa shape index (κ2) is 4.95. The van der Waals surface area contributed by atoms with Crippen molar-refractivity contribution in [1.29, 1.82) is 0 Å². The molecule has 0 spiro atoms. The van der Waals surface area contributed by atoms with E-state index in [2.05, 4.69) is 0 Å². The fourth-order valence-electron chi connectivity index (χ4n) is 1.35. The predicted octanol–water partition coefficient (Wildman–Crippen LogP) is 0.710. The van der Waals surface area contributed by atoms with Gasteiger partial charge in [0, 0.05) is 6.54 Å². The van der Waals surface area contributed by atoms with Crippen LogP contribution in [0, 0.1) is 6.92 Å². The highest BCUT2D eigenvalue weighted by atomic mass is 16.4. The number of likely N-dealkylation sites (N-methyl/N-ethyl adjacent to an activating group) is 1. The zero-order valence-corrected chi connectivity index (χ0v) is 8.86. The first kappa shape index (κ1) is 11.7. The number of nitrogens with zero attached hydrogens (tertiary/aromatic N) is 1. The molecule has 0 fully saturated rings. The second-order valence-corrected chi connectivity index (χ2v) is 3.45. The number of carboxylic acid groups (broad SMARTS) is 1. The number of hydrogen-bond acceptors (Lipinski definition) is 4. The highest BCUT2D eigenvalue weighted by Gasteiger charge is 2.14. The maximum Gasteiger partial charge on any atom is 0.339 e. The average molecular weight is 213 g/mol. The molecule has 0 atom stereocenters. The summed E-state index contributed by atoms with van der Waals surface area (Å²) in [6.45, 7) is 2.72. The predicted molar refractivity (Wildman–Crippen MR) is 53.8 cm³/mol. The van der Waals surface area contributed by atoms with Crippen molar-refractivity contribution in [2.75, 3.05) is 20.2 Å². The normalized spacial score (nSPS) is 10.9. The molecule has 2 N–H and O–H groups in total. The van der Waals surface area contributed by atoms with Crippen molar-refractivity contribution in [2.45, 2.75) is 13.5 Å². The molecule has 0 saturated carbocycles. The van der Waals surface area contributed by atoms with Crippen LogP contribution in [0.15, 0.2) is 10.5 Å². The summed E-state index contributed by atoms with van der Waals surface area (Å²) in [7, 11) is 1.83. The van der Waals surface area contributed by atoms with Gasteiger partial charge in [-0.2, -0.15) is 0 Å². The molecule has 15 heavy (non-hydrogen) atoms. The Morgan fingerprint density at radius 1 is 1.60 bits per heavy atom. The molecule has 1 aromatic rings. The topological polar surface area (TPSA) is 73.9 Å². The lowest BCUT2D eigenvalue weighted by Crippen LogP contribution is -2.21. The number of aryl methyl sites for hydroxylation is 1. The number of rotatable bonds is 5. The molecule has 5 heteroatoms. The molecule has 0 amide bonds. The molecular formula is C10H15NO4. The number of aromatic carboxylic acids is 1. The van der Waals surface area contributed by atoms with Gasteiger partial charge in [-0.15, -0.1) is 0 Å². The monoisotopic (exact) mass is 213 g/mol. The van der Waals surface area contributed by atoms with Crippen LogP contribution in [0.25, 0.3) is 0 Å². The summed E-state index contributed by atoms with van der Waals surface area (Å²) in [5.74, 6) is 0.0306. The van der Waals surface area contributed by atoms with Gasteiger partial charge in [-0.05, 0) is 20.0 Å². The van der Waals surface area contributed by atoms with Crippen LogP contribution < -0.4 is 0 Å². The number of aliphatic hydroxyl groups is 1. The van der Waals surface area contributed by atoms with Crippen LogP contribution >= 0.6 is 0 Å². The van der Waals surface area contributed by atoms with Crippen molar-refractivity contribution >= 4 is 5.97 Å². The largest absolute Gasteiger partial charge is 0.478 e. The van der Waals surface area contributed by atoms with Crippen LogP contribution in [0.5, 0.6) is 0 Å². The van der Waals surface area contributed by atoms with Crippen molar-refractivity contribution < 1.29 is 19.4 Å². The summed E-state index contributed by atoms with van der Waals surface area (Å²) in [5, 5.41) is 17.5. The molecular weight excluding hydrogens is 198 g/mol. The highest BCUT2D eigenvalue weighted by molar-refractivity contribution is 5.88. The van der Waals surface area contributed by atoms with E-state index in [1.807, 2.05) is 11.9 Å². The van der Waals surface area contributed by atoms with E-state index >= 15 is 0 Å². The summed E-state index contributed by atoms with van der Waals surface area (Å²) in [6, 6.07) is 1.52. The summed E-state index contributed by atoms with van der Waals surface area (Å²) in [4.78, 5) is 12.6. The summed E-state index contributed by atoms with van der Waals surface area (Å²) >= 11 is 0. The number of carboxylic acids is 1. The van der Waals surface area contributed by atoms with E-state index in [1.165, 1.54) is 6.07 Å². The number of aliphatic hydroxyl groups excluding tert-OH is 1. The maximum absolute atomic E-state index is 10.7. The van der Waals surface area contributed by atoms with E-state index in [4.69, 9.17) is 14.6 Å². The minimum absolute atomic E-state index is 0.0714. The number of hydrogen-bond donors (Lipinski definition) is 2. The quantitative estimate of drug-likeness (QED) is 0.753. The Labute approximate surface area is 87.9 Å². The molecule has 0 radical (unpaired) electrons. The summed E-state index contributed by atoms with van der Waals surface area (Å²) in [6.07, 6.45) is 0. The smallest absolute Gasteiger partial charge is 0.339 e. The lowest BCUT2D eigenvalue weighted by Gasteiger charge is -2.12. The van der Waals surface area contributed by atoms with Crippen molar-refractivity contribution in [3.8, 4) is 0 Å². The van der Waals surface area contributed by atoms with Gasteiger partial charge < -0.3 is 14.6 Å². The van der Waals surface area contributed by atoms with Gasteiger partial charge in [0.1, 0.15) is 17.1 Å². The van der Waals surface area contributed by atoms with Gasteiger partial charge in [-0.25, -0.2) is 4.79 Å². The minimum Gasteiger partial charge on any atom is -0.478 e. The zero-order valence-electron chi connectivity index (χ0n) is 8.86. The molecule has 0 aliphatic carbocycles. The van der Waals surface area contributed by atoms with Gasteiger partial charge >= 0.3 is 5.97 Å². The Hall–Kier alpha value is -1.33. The molecule has 1 aromatic heterocycles. The van der Waals surface area contributed by atoms with E-state index < -0.39 is 5.97 Å². The summed E-state index contributed by atoms with van der Waals surface area (Å²) < 4.78 is 5.29. The van der Waals surface area contributed by atoms with Gasteiger partial charge in [-0.3, -0.25) is 4.90 Å². The third kappa shape index (κ3) is 3.07. The maximum atomic E-state index is 10.7. The van der Waals surface area contributed by atoms with Gasteiger partial charge in [0.25, 0.3) is 0 Å². The lowest BCUT2D eigenvalue weighted by atomic mass is 10.2. The van der Waals surface area contributed by atoms with E-state index in [1.54, 1.807) is 6.92 Å². The average Bonchev–Trinajstić information content (AvgIpc) is 2.47. The van der Waals surface area contributed by atoms with Crippen LogP contribution in [-0.4, -0.2) is 41.3 Å². The lowest BCUT2D eigenvalue weighted by molar-refractivity contribution is 0.0695. The fraction of sp³-hybridized carbons (Fsp3) is 0.500. The third-order valence-electron chi connectivity index (χ3n) is 2.11. The molecule has 0 aromatic carbocycles. The Morgan fingerprint density at radius 3 is 2.73 bits per heavy atom. The van der Waals surface area contributed by atoms with Crippen LogP contribution in [0.2, 0.25) is 0 Å². The van der Waals surface area contributed by atoms with E-state index in [0.717, 1.165) is 0 Å². The van der Waals surface area contributed by atoms with Crippen molar-refractivity contribution in [1.82, 2.24) is 4.90 Å². The zero-order chi connectivity index (χ0) is 11.4. The van der Waals surface area contributed by atoms with Crippen LogP contribution in [0.4, 0.5) is 0 Å².